The van der Waals surface area contributed by atoms with Gasteiger partial charge in [0, 0.05) is 57.1 Å². The quantitative estimate of drug-likeness (QED) is 0.689. The van der Waals surface area contributed by atoms with Crippen molar-refractivity contribution in [2.24, 2.45) is 0 Å². The van der Waals surface area contributed by atoms with Crippen molar-refractivity contribution in [1.29, 1.82) is 0 Å². The van der Waals surface area contributed by atoms with Gasteiger partial charge in [0.2, 0.25) is 0 Å². The van der Waals surface area contributed by atoms with E-state index in [2.05, 4.69) is 63.6 Å². The van der Waals surface area contributed by atoms with Crippen molar-refractivity contribution in [3.05, 3.63) is 84.2 Å². The first kappa shape index (κ1) is 18.9. The number of aromatic nitrogens is 2. The summed E-state index contributed by atoms with van der Waals surface area (Å²) in [4.78, 5) is 4.99. The lowest BCUT2D eigenvalue weighted by molar-refractivity contribution is 0.0500. The van der Waals surface area contributed by atoms with E-state index in [1.54, 1.807) is 0 Å². The van der Waals surface area contributed by atoms with Gasteiger partial charge < -0.3 is 5.11 Å². The Morgan fingerprint density at radius 3 is 2.39 bits per heavy atom. The van der Waals surface area contributed by atoms with Gasteiger partial charge in [-0.25, -0.2) is 4.68 Å². The molecule has 2 heterocycles. The topological polar surface area (TPSA) is 44.5 Å². The third kappa shape index (κ3) is 4.68. The summed E-state index contributed by atoms with van der Waals surface area (Å²) in [5, 5.41) is 14.1. The fourth-order valence-electron chi connectivity index (χ4n) is 3.97. The molecule has 3 aromatic rings. The van der Waals surface area contributed by atoms with E-state index < -0.39 is 0 Å². The fourth-order valence-corrected chi connectivity index (χ4v) is 3.97. The smallest absolute Gasteiger partial charge is 0.0645 e. The van der Waals surface area contributed by atoms with Crippen LogP contribution >= 0.6 is 0 Å². The molecule has 0 spiro atoms. The molecule has 0 amide bonds. The molecule has 28 heavy (non-hydrogen) atoms. The lowest BCUT2D eigenvalue weighted by Crippen LogP contribution is -2.52. The second-order valence-corrected chi connectivity index (χ2v) is 7.49. The predicted molar refractivity (Wildman–Crippen MR) is 111 cm³/mol. The Bertz CT molecular complexity index is 849. The Kier molecular flexibility index (Phi) is 6.17. The molecule has 1 fully saturated rings. The van der Waals surface area contributed by atoms with Gasteiger partial charge in [-0.2, -0.15) is 5.10 Å². The molecule has 2 aromatic carbocycles. The summed E-state index contributed by atoms with van der Waals surface area (Å²) in [7, 11) is 0. The molecule has 1 saturated heterocycles. The number of rotatable bonds is 7. The summed E-state index contributed by atoms with van der Waals surface area (Å²) in [6, 6.07) is 21.2. The highest BCUT2D eigenvalue weighted by molar-refractivity contribution is 5.30. The monoisotopic (exact) mass is 376 g/mol. The molecule has 146 valence electrons. The molecule has 1 aliphatic heterocycles. The third-order valence-corrected chi connectivity index (χ3v) is 5.44. The maximum atomic E-state index is 9.55. The van der Waals surface area contributed by atoms with Crippen LogP contribution in [0.2, 0.25) is 0 Å². The molecule has 1 aliphatic rings. The van der Waals surface area contributed by atoms with E-state index >= 15 is 0 Å². The largest absolute Gasteiger partial charge is 0.396 e. The normalized spacial score (nSPS) is 18.4. The van der Waals surface area contributed by atoms with Crippen LogP contribution in [-0.2, 0) is 13.1 Å². The van der Waals surface area contributed by atoms with Crippen molar-refractivity contribution < 1.29 is 5.11 Å². The van der Waals surface area contributed by atoms with Crippen LogP contribution in [0, 0.1) is 0 Å². The summed E-state index contributed by atoms with van der Waals surface area (Å²) < 4.78 is 1.94. The Labute approximate surface area is 166 Å². The number of nitrogens with zero attached hydrogens (tertiary/aromatic N) is 4. The molecule has 5 nitrogen and oxygen atoms in total. The highest BCUT2D eigenvalue weighted by atomic mass is 16.3. The molecule has 1 atom stereocenters. The maximum absolute atomic E-state index is 9.55. The van der Waals surface area contributed by atoms with E-state index in [4.69, 9.17) is 0 Å². The van der Waals surface area contributed by atoms with Gasteiger partial charge in [-0.05, 0) is 24.1 Å². The van der Waals surface area contributed by atoms with Gasteiger partial charge in [-0.15, -0.1) is 0 Å². The van der Waals surface area contributed by atoms with Crippen molar-refractivity contribution in [1.82, 2.24) is 19.6 Å². The van der Waals surface area contributed by atoms with Gasteiger partial charge in [0.15, 0.2) is 0 Å². The van der Waals surface area contributed by atoms with E-state index in [1.165, 1.54) is 11.1 Å². The first-order valence-electron chi connectivity index (χ1n) is 10.0. The SMILES string of the molecule is OCC[C@H]1CN(Cc2cnn(-c3ccccc3)c2)CCN1Cc1ccccc1. The van der Waals surface area contributed by atoms with Crippen molar-refractivity contribution in [2.45, 2.75) is 25.6 Å². The molecule has 0 unspecified atom stereocenters. The Morgan fingerprint density at radius 1 is 0.893 bits per heavy atom. The lowest BCUT2D eigenvalue weighted by atomic mass is 10.1. The van der Waals surface area contributed by atoms with Crippen LogP contribution in [0.3, 0.4) is 0 Å². The number of piperazine rings is 1. The molecule has 0 saturated carbocycles. The number of para-hydroxylation sites is 1. The van der Waals surface area contributed by atoms with Crippen molar-refractivity contribution in [2.75, 3.05) is 26.2 Å². The number of hydrogen-bond acceptors (Lipinski definition) is 4. The summed E-state index contributed by atoms with van der Waals surface area (Å²) in [6.45, 7) is 5.11. The molecule has 0 radical (unpaired) electrons. The van der Waals surface area contributed by atoms with Gasteiger partial charge in [-0.1, -0.05) is 48.5 Å². The number of aliphatic hydroxyl groups is 1. The molecule has 4 rings (SSSR count). The molecular weight excluding hydrogens is 348 g/mol. The number of benzene rings is 2. The van der Waals surface area contributed by atoms with Crippen molar-refractivity contribution in [3.63, 3.8) is 0 Å². The Morgan fingerprint density at radius 2 is 1.64 bits per heavy atom. The van der Waals surface area contributed by atoms with Gasteiger partial charge in [0.1, 0.15) is 0 Å². The molecule has 1 aromatic heterocycles. The first-order valence-corrected chi connectivity index (χ1v) is 10.0. The van der Waals surface area contributed by atoms with Crippen LogP contribution in [0.25, 0.3) is 5.69 Å². The van der Waals surface area contributed by atoms with E-state index in [0.717, 1.165) is 44.8 Å². The number of aliphatic hydroxyl groups excluding tert-OH is 1. The molecule has 5 heteroatoms. The molecule has 0 aliphatic carbocycles. The van der Waals surface area contributed by atoms with E-state index in [1.807, 2.05) is 29.1 Å². The standard InChI is InChI=1S/C23H28N4O/c28-14-11-23-19-25(12-13-26(23)17-20-7-3-1-4-8-20)16-21-15-24-27(18-21)22-9-5-2-6-10-22/h1-10,15,18,23,28H,11-14,16-17,19H2/t23-/m0/s1. The Hall–Kier alpha value is -2.47. The fraction of sp³-hybridized carbons (Fsp3) is 0.348. The third-order valence-electron chi connectivity index (χ3n) is 5.44. The van der Waals surface area contributed by atoms with Crippen LogP contribution < -0.4 is 0 Å². The summed E-state index contributed by atoms with van der Waals surface area (Å²) in [6.07, 6.45) is 4.89. The van der Waals surface area contributed by atoms with E-state index in [-0.39, 0.29) is 6.61 Å². The van der Waals surface area contributed by atoms with Gasteiger partial charge in [0.25, 0.3) is 0 Å². The second kappa shape index (κ2) is 9.15. The van der Waals surface area contributed by atoms with E-state index in [9.17, 15) is 5.11 Å². The average Bonchev–Trinajstić information content (AvgIpc) is 3.20. The summed E-state index contributed by atoms with van der Waals surface area (Å²) in [5.41, 5.74) is 3.64. The average molecular weight is 377 g/mol. The predicted octanol–water partition coefficient (Wildman–Crippen LogP) is 2.94. The first-order chi connectivity index (χ1) is 13.8. The minimum Gasteiger partial charge on any atom is -0.396 e. The lowest BCUT2D eigenvalue weighted by Gasteiger charge is -2.41. The van der Waals surface area contributed by atoms with Gasteiger partial charge >= 0.3 is 0 Å². The molecular formula is C23H28N4O. The van der Waals surface area contributed by atoms with Crippen LogP contribution in [0.1, 0.15) is 17.5 Å². The maximum Gasteiger partial charge on any atom is 0.0645 e. The Balaban J connectivity index is 1.38. The zero-order chi connectivity index (χ0) is 19.2. The summed E-state index contributed by atoms with van der Waals surface area (Å²) >= 11 is 0. The molecule has 1 N–H and O–H groups in total. The highest BCUT2D eigenvalue weighted by Gasteiger charge is 2.26. The minimum atomic E-state index is 0.232. The number of hydrogen-bond donors (Lipinski definition) is 1. The molecule has 0 bridgehead atoms. The van der Waals surface area contributed by atoms with Crippen LogP contribution in [0.4, 0.5) is 0 Å². The van der Waals surface area contributed by atoms with Crippen molar-refractivity contribution >= 4 is 0 Å². The van der Waals surface area contributed by atoms with Crippen LogP contribution in [0.15, 0.2) is 73.1 Å². The minimum absolute atomic E-state index is 0.232. The zero-order valence-corrected chi connectivity index (χ0v) is 16.2. The van der Waals surface area contributed by atoms with Gasteiger partial charge in [0.05, 0.1) is 11.9 Å². The van der Waals surface area contributed by atoms with E-state index in [0.29, 0.717) is 6.04 Å². The van der Waals surface area contributed by atoms with Gasteiger partial charge in [-0.3, -0.25) is 9.80 Å². The summed E-state index contributed by atoms with van der Waals surface area (Å²) in [5.74, 6) is 0. The second-order valence-electron chi connectivity index (χ2n) is 7.49. The highest BCUT2D eigenvalue weighted by Crippen LogP contribution is 2.19. The van der Waals surface area contributed by atoms with Crippen LogP contribution in [0.5, 0.6) is 0 Å². The zero-order valence-electron chi connectivity index (χ0n) is 16.2. The van der Waals surface area contributed by atoms with Crippen molar-refractivity contribution in [3.8, 4) is 5.69 Å². The van der Waals surface area contributed by atoms with Crippen LogP contribution in [-0.4, -0.2) is 57.0 Å².